The monoisotopic (exact) mass is 476 g/mol. The van der Waals surface area contributed by atoms with Gasteiger partial charge in [0.1, 0.15) is 5.75 Å². The molecule has 1 heterocycles. The number of hydrogen-bond donors (Lipinski definition) is 2. The molecule has 0 saturated heterocycles. The molecule has 0 radical (unpaired) electrons. The molecule has 1 aromatic heterocycles. The van der Waals surface area contributed by atoms with Crippen LogP contribution in [0.5, 0.6) is 5.75 Å². The average molecular weight is 477 g/mol. The number of nitrogens with zero attached hydrogens (tertiary/aromatic N) is 1. The minimum atomic E-state index is -0.396. The third-order valence-corrected chi connectivity index (χ3v) is 5.96. The zero-order valence-corrected chi connectivity index (χ0v) is 19.7. The summed E-state index contributed by atoms with van der Waals surface area (Å²) in [7, 11) is 0. The molecule has 34 heavy (non-hydrogen) atoms. The van der Waals surface area contributed by atoms with Crippen LogP contribution in [-0.2, 0) is 6.54 Å². The van der Waals surface area contributed by atoms with E-state index in [0.717, 1.165) is 16.5 Å². The summed E-state index contributed by atoms with van der Waals surface area (Å²) in [6, 6.07) is 19.8. The number of carbonyl (C=O) groups excluding carboxylic acids is 2. The Morgan fingerprint density at radius 3 is 2.47 bits per heavy atom. The van der Waals surface area contributed by atoms with Crippen LogP contribution in [0, 0.1) is 0 Å². The first-order valence-electron chi connectivity index (χ1n) is 10.9. The Bertz CT molecular complexity index is 1340. The van der Waals surface area contributed by atoms with Gasteiger partial charge in [0, 0.05) is 28.7 Å². The van der Waals surface area contributed by atoms with Crippen molar-refractivity contribution < 1.29 is 19.4 Å². The number of amides is 1. The van der Waals surface area contributed by atoms with Crippen LogP contribution < -0.4 is 10.1 Å². The third-order valence-electron chi connectivity index (χ3n) is 5.72. The van der Waals surface area contributed by atoms with Crippen LogP contribution in [0.3, 0.4) is 0 Å². The minimum Gasteiger partial charge on any atom is -0.468 e. The van der Waals surface area contributed by atoms with Crippen molar-refractivity contribution in [1.29, 1.82) is 0 Å². The van der Waals surface area contributed by atoms with Crippen molar-refractivity contribution in [1.82, 2.24) is 9.88 Å². The Morgan fingerprint density at radius 1 is 1.06 bits per heavy atom. The zero-order valence-electron chi connectivity index (χ0n) is 18.9. The number of ketones is 1. The zero-order chi connectivity index (χ0) is 24.2. The van der Waals surface area contributed by atoms with Gasteiger partial charge in [0.25, 0.3) is 5.91 Å². The number of halogens is 1. The summed E-state index contributed by atoms with van der Waals surface area (Å²) < 4.78 is 6.99. The first kappa shape index (κ1) is 23.5. The van der Waals surface area contributed by atoms with Gasteiger partial charge >= 0.3 is 0 Å². The molecule has 0 aliphatic carbocycles. The first-order valence-corrected chi connectivity index (χ1v) is 11.3. The van der Waals surface area contributed by atoms with E-state index in [2.05, 4.69) is 5.32 Å². The molecule has 2 N–H and O–H groups in total. The number of hydrogen-bond acceptors (Lipinski definition) is 4. The maximum absolute atomic E-state index is 13.4. The van der Waals surface area contributed by atoms with Crippen molar-refractivity contribution >= 4 is 34.2 Å². The van der Waals surface area contributed by atoms with Crippen LogP contribution >= 0.6 is 11.6 Å². The van der Waals surface area contributed by atoms with Crippen molar-refractivity contribution in [3.05, 3.63) is 100 Å². The second-order valence-electron chi connectivity index (χ2n) is 8.10. The van der Waals surface area contributed by atoms with E-state index in [4.69, 9.17) is 21.4 Å². The van der Waals surface area contributed by atoms with E-state index >= 15 is 0 Å². The third kappa shape index (κ3) is 4.98. The van der Waals surface area contributed by atoms with Crippen molar-refractivity contribution in [2.45, 2.75) is 26.4 Å². The lowest BCUT2D eigenvalue weighted by atomic mass is 10.0. The van der Waals surface area contributed by atoms with Crippen molar-refractivity contribution in [2.24, 2.45) is 0 Å². The minimum absolute atomic E-state index is 0.0639. The highest BCUT2D eigenvalue weighted by Gasteiger charge is 2.20. The average Bonchev–Trinajstić information content (AvgIpc) is 3.18. The van der Waals surface area contributed by atoms with Gasteiger partial charge in [-0.25, -0.2) is 0 Å². The number of carbonyl (C=O) groups is 2. The van der Waals surface area contributed by atoms with Gasteiger partial charge in [0.05, 0.1) is 17.1 Å². The molecule has 4 aromatic rings. The van der Waals surface area contributed by atoms with E-state index in [1.54, 1.807) is 30.5 Å². The maximum atomic E-state index is 13.4. The Morgan fingerprint density at radius 2 is 1.79 bits per heavy atom. The molecule has 1 amide bonds. The predicted octanol–water partition coefficient (Wildman–Crippen LogP) is 5.37. The van der Waals surface area contributed by atoms with Crippen LogP contribution in [-0.4, -0.2) is 28.2 Å². The molecule has 7 heteroatoms. The van der Waals surface area contributed by atoms with Crippen LogP contribution in [0.25, 0.3) is 10.9 Å². The molecule has 3 aromatic carbocycles. The smallest absolute Gasteiger partial charge is 0.253 e. The second-order valence-corrected chi connectivity index (χ2v) is 8.53. The molecule has 6 nitrogen and oxygen atoms in total. The summed E-state index contributed by atoms with van der Waals surface area (Å²) >= 11 is 6.16. The summed E-state index contributed by atoms with van der Waals surface area (Å²) in [5.74, 6) is 0.241. The number of Topliss-reactive ketones (excluding diaryl/α,β-unsaturated/α-hetero) is 1. The SMILES string of the molecule is CC(=O)c1cn(Cc2cccc(Cl)c2)c2c(C(=O)N[C@@H](C)c3ccc(OCO)cc3)cccc12. The Kier molecular flexibility index (Phi) is 7.01. The lowest BCUT2D eigenvalue weighted by molar-refractivity contribution is 0.0940. The fourth-order valence-electron chi connectivity index (χ4n) is 4.07. The molecule has 0 unspecified atom stereocenters. The summed E-state index contributed by atoms with van der Waals surface area (Å²) in [6.45, 7) is 3.49. The number of ether oxygens (including phenoxy) is 1. The van der Waals surface area contributed by atoms with Gasteiger partial charge in [0.15, 0.2) is 12.6 Å². The largest absolute Gasteiger partial charge is 0.468 e. The quantitative estimate of drug-likeness (QED) is 0.265. The van der Waals surface area contributed by atoms with Crippen LogP contribution in [0.4, 0.5) is 0 Å². The summed E-state index contributed by atoms with van der Waals surface area (Å²) in [5.41, 5.74) is 3.61. The van der Waals surface area contributed by atoms with E-state index in [1.807, 2.05) is 54.0 Å². The molecule has 0 aliphatic heterocycles. The van der Waals surface area contributed by atoms with Gasteiger partial charge in [-0.2, -0.15) is 0 Å². The fraction of sp³-hybridized carbons (Fsp3) is 0.185. The lowest BCUT2D eigenvalue weighted by Gasteiger charge is -2.16. The van der Waals surface area contributed by atoms with Crippen molar-refractivity contribution in [3.63, 3.8) is 0 Å². The van der Waals surface area contributed by atoms with Crippen molar-refractivity contribution in [2.75, 3.05) is 6.79 Å². The van der Waals surface area contributed by atoms with Crippen molar-refractivity contribution in [3.8, 4) is 5.75 Å². The molecule has 0 spiro atoms. The molecule has 174 valence electrons. The summed E-state index contributed by atoms with van der Waals surface area (Å²) in [4.78, 5) is 25.7. The number of rotatable bonds is 8. The topological polar surface area (TPSA) is 80.6 Å². The number of aliphatic hydroxyl groups excluding tert-OH is 1. The number of para-hydroxylation sites is 1. The predicted molar refractivity (Wildman–Crippen MR) is 133 cm³/mol. The molecule has 0 aliphatic rings. The molecule has 0 bridgehead atoms. The van der Waals surface area contributed by atoms with E-state index in [9.17, 15) is 9.59 Å². The Hall–Kier alpha value is -3.61. The van der Waals surface area contributed by atoms with Crippen LogP contribution in [0.2, 0.25) is 5.02 Å². The standard InChI is InChI=1S/C27H25ClN2O4/c1-17(20-9-11-22(12-10-20)34-16-31)29-27(33)24-8-4-7-23-25(18(2)32)15-30(26(23)24)14-19-5-3-6-21(28)13-19/h3-13,15,17,31H,14,16H2,1-2H3,(H,29,33)/t17-/m0/s1. The second kappa shape index (κ2) is 10.1. The van der Waals surface area contributed by atoms with E-state index < -0.39 is 6.79 Å². The molecule has 0 saturated carbocycles. The van der Waals surface area contributed by atoms with Gasteiger partial charge in [0.2, 0.25) is 0 Å². The van der Waals surface area contributed by atoms with Gasteiger partial charge in [-0.1, -0.05) is 48.0 Å². The van der Waals surface area contributed by atoms with Gasteiger partial charge < -0.3 is 19.7 Å². The van der Waals surface area contributed by atoms with Crippen LogP contribution in [0.1, 0.15) is 51.7 Å². The van der Waals surface area contributed by atoms with Gasteiger partial charge in [-0.15, -0.1) is 0 Å². The molecule has 1 atom stereocenters. The maximum Gasteiger partial charge on any atom is 0.253 e. The number of fused-ring (bicyclic) bond motifs is 1. The highest BCUT2D eigenvalue weighted by Crippen LogP contribution is 2.28. The highest BCUT2D eigenvalue weighted by molar-refractivity contribution is 6.30. The normalized spacial score (nSPS) is 11.9. The number of aromatic nitrogens is 1. The molecular weight excluding hydrogens is 452 g/mol. The molecule has 4 rings (SSSR count). The number of nitrogens with one attached hydrogen (secondary N) is 1. The Labute approximate surface area is 202 Å². The summed E-state index contributed by atoms with van der Waals surface area (Å²) in [5, 5.41) is 13.3. The highest BCUT2D eigenvalue weighted by atomic mass is 35.5. The van der Waals surface area contributed by atoms with E-state index in [1.165, 1.54) is 6.92 Å². The van der Waals surface area contributed by atoms with Crippen LogP contribution in [0.15, 0.2) is 72.9 Å². The van der Waals surface area contributed by atoms with Gasteiger partial charge in [-0.3, -0.25) is 9.59 Å². The van der Waals surface area contributed by atoms with E-state index in [-0.39, 0.29) is 17.7 Å². The Balaban J connectivity index is 1.68. The lowest BCUT2D eigenvalue weighted by Crippen LogP contribution is -2.27. The number of aliphatic hydroxyl groups is 1. The first-order chi connectivity index (χ1) is 16.4. The number of benzene rings is 3. The summed E-state index contributed by atoms with van der Waals surface area (Å²) in [6.07, 6.45) is 1.80. The van der Waals surface area contributed by atoms with E-state index in [0.29, 0.717) is 34.0 Å². The molecular formula is C27H25ClN2O4. The van der Waals surface area contributed by atoms with Gasteiger partial charge in [-0.05, 0) is 55.3 Å². The molecule has 0 fully saturated rings. The fourth-order valence-corrected chi connectivity index (χ4v) is 4.28.